The number of hydrogen-bond donors (Lipinski definition) is 2. The summed E-state index contributed by atoms with van der Waals surface area (Å²) in [5.74, 6) is -0.634. The van der Waals surface area contributed by atoms with Crippen molar-refractivity contribution in [3.05, 3.63) is 66.4 Å². The van der Waals surface area contributed by atoms with Crippen LogP contribution in [0.5, 0.6) is 0 Å². The van der Waals surface area contributed by atoms with E-state index in [-0.39, 0.29) is 12.2 Å². The Balaban J connectivity index is 2.00. The monoisotopic (exact) mass is 307 g/mol. The maximum Gasteiger partial charge on any atom is 0.350 e. The third kappa shape index (κ3) is 4.90. The van der Waals surface area contributed by atoms with E-state index in [2.05, 4.69) is 10.6 Å². The van der Waals surface area contributed by atoms with Gasteiger partial charge in [-0.1, -0.05) is 18.2 Å². The Morgan fingerprint density at radius 2 is 1.70 bits per heavy atom. The van der Waals surface area contributed by atoms with Crippen molar-refractivity contribution in [1.82, 2.24) is 0 Å². The standard InChI is InChI=1S/C18H17N3O2/c1-2-23-18(22)14(12-19)13-20-15-8-10-17(11-9-15)21-16-6-4-3-5-7-16/h3-11,13,20-21H,2H2,1H3/b14-13+. The van der Waals surface area contributed by atoms with Gasteiger partial charge in [-0.2, -0.15) is 5.26 Å². The molecule has 2 aromatic carbocycles. The number of benzene rings is 2. The molecule has 2 rings (SSSR count). The van der Waals surface area contributed by atoms with Crippen LogP contribution in [0.3, 0.4) is 0 Å². The summed E-state index contributed by atoms with van der Waals surface area (Å²) < 4.78 is 4.79. The number of nitriles is 1. The Morgan fingerprint density at radius 1 is 1.09 bits per heavy atom. The van der Waals surface area contributed by atoms with Crippen molar-refractivity contribution in [2.75, 3.05) is 17.2 Å². The van der Waals surface area contributed by atoms with Gasteiger partial charge in [-0.05, 0) is 43.3 Å². The van der Waals surface area contributed by atoms with Gasteiger partial charge in [0.2, 0.25) is 0 Å². The molecule has 0 heterocycles. The summed E-state index contributed by atoms with van der Waals surface area (Å²) in [5, 5.41) is 15.1. The van der Waals surface area contributed by atoms with E-state index in [9.17, 15) is 4.79 Å². The van der Waals surface area contributed by atoms with E-state index in [0.29, 0.717) is 0 Å². The lowest BCUT2D eigenvalue weighted by Gasteiger charge is -2.07. The molecule has 5 nitrogen and oxygen atoms in total. The van der Waals surface area contributed by atoms with Gasteiger partial charge in [0.15, 0.2) is 5.57 Å². The van der Waals surface area contributed by atoms with E-state index in [1.165, 1.54) is 6.20 Å². The normalized spacial score (nSPS) is 10.5. The minimum atomic E-state index is -0.634. The summed E-state index contributed by atoms with van der Waals surface area (Å²) in [6, 6.07) is 19.2. The van der Waals surface area contributed by atoms with Crippen molar-refractivity contribution < 1.29 is 9.53 Å². The molecule has 0 saturated heterocycles. The second kappa shape index (κ2) is 8.25. The highest BCUT2D eigenvalue weighted by Crippen LogP contribution is 2.18. The lowest BCUT2D eigenvalue weighted by molar-refractivity contribution is -0.138. The molecular weight excluding hydrogens is 290 g/mol. The molecule has 0 aliphatic carbocycles. The SMILES string of the molecule is CCOC(=O)/C(C#N)=C/Nc1ccc(Nc2ccccc2)cc1. The van der Waals surface area contributed by atoms with Crippen LogP contribution < -0.4 is 10.6 Å². The van der Waals surface area contributed by atoms with Crippen molar-refractivity contribution in [1.29, 1.82) is 5.26 Å². The number of nitrogens with zero attached hydrogens (tertiary/aromatic N) is 1. The maximum absolute atomic E-state index is 11.5. The smallest absolute Gasteiger partial charge is 0.350 e. The topological polar surface area (TPSA) is 74.2 Å². The third-order valence-corrected chi connectivity index (χ3v) is 2.95. The molecule has 0 amide bonds. The number of para-hydroxylation sites is 1. The molecule has 0 atom stereocenters. The number of carbonyl (C=O) groups excluding carboxylic acids is 1. The minimum Gasteiger partial charge on any atom is -0.462 e. The first-order valence-electron chi connectivity index (χ1n) is 7.19. The third-order valence-electron chi connectivity index (χ3n) is 2.95. The second-order valence-corrected chi connectivity index (χ2v) is 4.60. The van der Waals surface area contributed by atoms with Crippen LogP contribution in [-0.4, -0.2) is 12.6 Å². The van der Waals surface area contributed by atoms with Crippen LogP contribution in [0.1, 0.15) is 6.92 Å². The fourth-order valence-electron chi connectivity index (χ4n) is 1.84. The second-order valence-electron chi connectivity index (χ2n) is 4.60. The molecule has 23 heavy (non-hydrogen) atoms. The van der Waals surface area contributed by atoms with Crippen LogP contribution in [0.15, 0.2) is 66.4 Å². The number of esters is 1. The number of anilines is 3. The largest absolute Gasteiger partial charge is 0.462 e. The van der Waals surface area contributed by atoms with E-state index in [4.69, 9.17) is 10.00 Å². The lowest BCUT2D eigenvalue weighted by atomic mass is 10.2. The summed E-state index contributed by atoms with van der Waals surface area (Å²) >= 11 is 0. The summed E-state index contributed by atoms with van der Waals surface area (Å²) in [6.45, 7) is 1.93. The number of hydrogen-bond acceptors (Lipinski definition) is 5. The molecule has 0 unspecified atom stereocenters. The van der Waals surface area contributed by atoms with Crippen LogP contribution in [0.25, 0.3) is 0 Å². The van der Waals surface area contributed by atoms with Gasteiger partial charge in [-0.3, -0.25) is 0 Å². The van der Waals surface area contributed by atoms with Gasteiger partial charge in [0, 0.05) is 23.3 Å². The maximum atomic E-state index is 11.5. The van der Waals surface area contributed by atoms with Crippen LogP contribution in [0.4, 0.5) is 17.1 Å². The molecule has 0 saturated carbocycles. The Bertz CT molecular complexity index is 716. The molecule has 0 aliphatic heterocycles. The number of carbonyl (C=O) groups is 1. The predicted molar refractivity (Wildman–Crippen MR) is 90.1 cm³/mol. The van der Waals surface area contributed by atoms with E-state index in [0.717, 1.165) is 17.1 Å². The Labute approximate surface area is 135 Å². The van der Waals surface area contributed by atoms with E-state index < -0.39 is 5.97 Å². The Kier molecular flexibility index (Phi) is 5.78. The molecule has 0 fully saturated rings. The average molecular weight is 307 g/mol. The summed E-state index contributed by atoms with van der Waals surface area (Å²) in [6.07, 6.45) is 1.34. The predicted octanol–water partition coefficient (Wildman–Crippen LogP) is 3.81. The highest BCUT2D eigenvalue weighted by molar-refractivity contribution is 5.93. The molecule has 116 valence electrons. The van der Waals surface area contributed by atoms with Crippen molar-refractivity contribution in [2.24, 2.45) is 0 Å². The fourth-order valence-corrected chi connectivity index (χ4v) is 1.84. The van der Waals surface area contributed by atoms with E-state index in [1.54, 1.807) is 6.92 Å². The van der Waals surface area contributed by atoms with E-state index in [1.807, 2.05) is 60.7 Å². The van der Waals surface area contributed by atoms with Gasteiger partial charge in [0.25, 0.3) is 0 Å². The van der Waals surface area contributed by atoms with Gasteiger partial charge in [0.05, 0.1) is 6.61 Å². The molecule has 0 aromatic heterocycles. The number of ether oxygens (including phenoxy) is 1. The summed E-state index contributed by atoms with van der Waals surface area (Å²) in [4.78, 5) is 11.5. The summed E-state index contributed by atoms with van der Waals surface area (Å²) in [5.41, 5.74) is 2.64. The molecular formula is C18H17N3O2. The van der Waals surface area contributed by atoms with Crippen LogP contribution in [0, 0.1) is 11.3 Å². The molecule has 0 radical (unpaired) electrons. The van der Waals surface area contributed by atoms with Gasteiger partial charge in [-0.15, -0.1) is 0 Å². The fraction of sp³-hybridized carbons (Fsp3) is 0.111. The number of nitrogens with one attached hydrogen (secondary N) is 2. The lowest BCUT2D eigenvalue weighted by Crippen LogP contribution is -2.07. The van der Waals surface area contributed by atoms with Crippen molar-refractivity contribution in [3.63, 3.8) is 0 Å². The molecule has 5 heteroatoms. The zero-order valence-corrected chi connectivity index (χ0v) is 12.7. The first-order valence-corrected chi connectivity index (χ1v) is 7.19. The zero-order chi connectivity index (χ0) is 16.5. The van der Waals surface area contributed by atoms with Crippen molar-refractivity contribution in [2.45, 2.75) is 6.92 Å². The van der Waals surface area contributed by atoms with Crippen molar-refractivity contribution in [3.8, 4) is 6.07 Å². The van der Waals surface area contributed by atoms with E-state index >= 15 is 0 Å². The molecule has 0 bridgehead atoms. The van der Waals surface area contributed by atoms with Crippen LogP contribution in [0.2, 0.25) is 0 Å². The molecule has 2 aromatic rings. The van der Waals surface area contributed by atoms with Gasteiger partial charge >= 0.3 is 5.97 Å². The van der Waals surface area contributed by atoms with Gasteiger partial charge < -0.3 is 15.4 Å². The zero-order valence-electron chi connectivity index (χ0n) is 12.7. The summed E-state index contributed by atoms with van der Waals surface area (Å²) in [7, 11) is 0. The highest BCUT2D eigenvalue weighted by Gasteiger charge is 2.08. The van der Waals surface area contributed by atoms with Gasteiger partial charge in [-0.25, -0.2) is 4.79 Å². The Hall–Kier alpha value is -3.26. The molecule has 0 spiro atoms. The van der Waals surface area contributed by atoms with Crippen LogP contribution in [-0.2, 0) is 9.53 Å². The van der Waals surface area contributed by atoms with Crippen LogP contribution >= 0.6 is 0 Å². The first kappa shape index (κ1) is 16.1. The highest BCUT2D eigenvalue weighted by atomic mass is 16.5. The Morgan fingerprint density at radius 3 is 2.30 bits per heavy atom. The quantitative estimate of drug-likeness (QED) is 0.482. The average Bonchev–Trinajstić information content (AvgIpc) is 2.58. The molecule has 2 N–H and O–H groups in total. The van der Waals surface area contributed by atoms with Crippen molar-refractivity contribution >= 4 is 23.0 Å². The molecule has 0 aliphatic rings. The minimum absolute atomic E-state index is 0.0710. The number of rotatable bonds is 6. The van der Waals surface area contributed by atoms with Gasteiger partial charge in [0.1, 0.15) is 6.07 Å². The first-order chi connectivity index (χ1) is 11.2.